The van der Waals surface area contributed by atoms with E-state index in [4.69, 9.17) is 0 Å². The Labute approximate surface area is 71.8 Å². The van der Waals surface area contributed by atoms with Crippen LogP contribution in [0.25, 0.3) is 0 Å². The molecular formula is C9H13NO2. The number of allylic oxidation sites excluding steroid dienone is 2. The van der Waals surface area contributed by atoms with Gasteiger partial charge in [-0.15, -0.1) is 0 Å². The van der Waals surface area contributed by atoms with Gasteiger partial charge >= 0.3 is 0 Å². The third-order valence-electron chi connectivity index (χ3n) is 1.77. The molecule has 2 aliphatic rings. The molecular weight excluding hydrogens is 154 g/mol. The summed E-state index contributed by atoms with van der Waals surface area (Å²) >= 11 is 0. The van der Waals surface area contributed by atoms with Crippen LogP contribution in [0.4, 0.5) is 0 Å². The van der Waals surface area contributed by atoms with Crippen molar-refractivity contribution in [1.29, 1.82) is 0 Å². The number of hydrogen-bond donors (Lipinski definition) is 1. The van der Waals surface area contributed by atoms with Crippen LogP contribution in [-0.2, 0) is 9.59 Å². The quantitative estimate of drug-likeness (QED) is 0.434. The molecule has 0 unspecified atom stereocenters. The van der Waals surface area contributed by atoms with Gasteiger partial charge in [0.2, 0.25) is 11.8 Å². The summed E-state index contributed by atoms with van der Waals surface area (Å²) in [6, 6.07) is 0. The lowest BCUT2D eigenvalue weighted by Gasteiger charge is -1.79. The van der Waals surface area contributed by atoms with Gasteiger partial charge in [0.05, 0.1) is 0 Å². The van der Waals surface area contributed by atoms with Crippen LogP contribution in [0.5, 0.6) is 0 Å². The van der Waals surface area contributed by atoms with E-state index in [0.29, 0.717) is 12.8 Å². The van der Waals surface area contributed by atoms with Gasteiger partial charge in [-0.05, 0) is 19.3 Å². The van der Waals surface area contributed by atoms with E-state index in [1.54, 1.807) is 0 Å². The fraction of sp³-hybridized carbons (Fsp3) is 0.556. The summed E-state index contributed by atoms with van der Waals surface area (Å²) < 4.78 is 0. The third-order valence-corrected chi connectivity index (χ3v) is 1.77. The fourth-order valence-corrected chi connectivity index (χ4v) is 1.10. The van der Waals surface area contributed by atoms with E-state index in [0.717, 1.165) is 0 Å². The van der Waals surface area contributed by atoms with Gasteiger partial charge in [0.15, 0.2) is 0 Å². The Balaban J connectivity index is 0.000000127. The van der Waals surface area contributed by atoms with Crippen LogP contribution < -0.4 is 5.32 Å². The van der Waals surface area contributed by atoms with Crippen molar-refractivity contribution in [3.63, 3.8) is 0 Å². The number of amides is 2. The van der Waals surface area contributed by atoms with E-state index < -0.39 is 0 Å². The highest BCUT2D eigenvalue weighted by atomic mass is 16.2. The lowest BCUT2D eigenvalue weighted by atomic mass is 10.4. The van der Waals surface area contributed by atoms with E-state index >= 15 is 0 Å². The highest BCUT2D eigenvalue weighted by Crippen LogP contribution is 2.05. The van der Waals surface area contributed by atoms with Crippen molar-refractivity contribution in [2.24, 2.45) is 0 Å². The molecule has 12 heavy (non-hydrogen) atoms. The number of carbonyl (C=O) groups is 2. The number of rotatable bonds is 0. The van der Waals surface area contributed by atoms with Crippen LogP contribution >= 0.6 is 0 Å². The highest BCUT2D eigenvalue weighted by Gasteiger charge is 2.15. The van der Waals surface area contributed by atoms with Gasteiger partial charge in [-0.2, -0.15) is 0 Å². The average Bonchev–Trinajstić information content (AvgIpc) is 2.63. The van der Waals surface area contributed by atoms with Crippen molar-refractivity contribution in [2.45, 2.75) is 32.1 Å². The summed E-state index contributed by atoms with van der Waals surface area (Å²) in [4.78, 5) is 20.2. The van der Waals surface area contributed by atoms with Gasteiger partial charge in [0, 0.05) is 12.8 Å². The van der Waals surface area contributed by atoms with E-state index in [1.807, 2.05) is 0 Å². The second-order valence-corrected chi connectivity index (χ2v) is 2.87. The van der Waals surface area contributed by atoms with Crippen molar-refractivity contribution in [3.8, 4) is 0 Å². The summed E-state index contributed by atoms with van der Waals surface area (Å²) in [6.45, 7) is 0. The monoisotopic (exact) mass is 167 g/mol. The molecule has 0 aromatic heterocycles. The van der Waals surface area contributed by atoms with Gasteiger partial charge in [0.25, 0.3) is 0 Å². The lowest BCUT2D eigenvalue weighted by Crippen LogP contribution is -2.18. The molecule has 1 heterocycles. The normalized spacial score (nSPS) is 20.3. The van der Waals surface area contributed by atoms with Crippen LogP contribution in [0.2, 0.25) is 0 Å². The van der Waals surface area contributed by atoms with E-state index in [1.165, 1.54) is 19.3 Å². The molecule has 1 aliphatic heterocycles. The maximum atomic E-state index is 10.1. The molecule has 1 aliphatic carbocycles. The zero-order valence-electron chi connectivity index (χ0n) is 7.01. The SMILES string of the molecule is C1=CCCC1.O=C1CCC(=O)N1. The lowest BCUT2D eigenvalue weighted by molar-refractivity contribution is -0.124. The Morgan fingerprint density at radius 3 is 1.67 bits per heavy atom. The first-order valence-corrected chi connectivity index (χ1v) is 4.27. The molecule has 1 fully saturated rings. The van der Waals surface area contributed by atoms with Crippen molar-refractivity contribution in [3.05, 3.63) is 12.2 Å². The Bertz CT molecular complexity index is 189. The number of hydrogen-bond acceptors (Lipinski definition) is 2. The molecule has 1 N–H and O–H groups in total. The summed E-state index contributed by atoms with van der Waals surface area (Å²) in [6.07, 6.45) is 9.25. The Hall–Kier alpha value is -1.12. The van der Waals surface area contributed by atoms with Crippen LogP contribution in [0.1, 0.15) is 32.1 Å². The predicted molar refractivity (Wildman–Crippen MR) is 45.4 cm³/mol. The molecule has 3 nitrogen and oxygen atoms in total. The smallest absolute Gasteiger partial charge is 0.227 e. The predicted octanol–water partition coefficient (Wildman–Crippen LogP) is 1.15. The van der Waals surface area contributed by atoms with Crippen molar-refractivity contribution >= 4 is 11.8 Å². The number of imide groups is 1. The van der Waals surface area contributed by atoms with Gasteiger partial charge in [-0.1, -0.05) is 12.2 Å². The highest BCUT2D eigenvalue weighted by molar-refractivity contribution is 6.01. The molecule has 0 radical (unpaired) electrons. The Morgan fingerprint density at radius 2 is 1.50 bits per heavy atom. The molecule has 0 saturated carbocycles. The fourth-order valence-electron chi connectivity index (χ4n) is 1.10. The molecule has 0 aromatic carbocycles. The molecule has 2 rings (SSSR count). The average molecular weight is 167 g/mol. The maximum Gasteiger partial charge on any atom is 0.227 e. The van der Waals surface area contributed by atoms with Crippen LogP contribution in [0.15, 0.2) is 12.2 Å². The summed E-state index contributed by atoms with van der Waals surface area (Å²) in [7, 11) is 0. The second-order valence-electron chi connectivity index (χ2n) is 2.87. The summed E-state index contributed by atoms with van der Waals surface area (Å²) in [5.74, 6) is -0.296. The molecule has 66 valence electrons. The topological polar surface area (TPSA) is 46.2 Å². The molecule has 2 amide bonds. The van der Waals surface area contributed by atoms with E-state index in [9.17, 15) is 9.59 Å². The third kappa shape index (κ3) is 3.32. The Morgan fingerprint density at radius 1 is 1.00 bits per heavy atom. The van der Waals surface area contributed by atoms with Crippen LogP contribution in [-0.4, -0.2) is 11.8 Å². The number of nitrogens with one attached hydrogen (secondary N) is 1. The minimum atomic E-state index is -0.148. The molecule has 0 atom stereocenters. The Kier molecular flexibility index (Phi) is 3.51. The minimum absolute atomic E-state index is 0.148. The van der Waals surface area contributed by atoms with Crippen molar-refractivity contribution in [2.75, 3.05) is 0 Å². The van der Waals surface area contributed by atoms with Crippen molar-refractivity contribution in [1.82, 2.24) is 5.32 Å². The standard InChI is InChI=1S/C5H8.C4H5NO2/c1-2-4-5-3-1;6-3-1-2-4(7)5-3/h1-2H,3-5H2;1-2H2,(H,5,6,7). The van der Waals surface area contributed by atoms with E-state index in [-0.39, 0.29) is 11.8 Å². The largest absolute Gasteiger partial charge is 0.296 e. The zero-order valence-corrected chi connectivity index (χ0v) is 7.01. The van der Waals surface area contributed by atoms with Gasteiger partial charge < -0.3 is 0 Å². The molecule has 3 heteroatoms. The molecule has 0 spiro atoms. The minimum Gasteiger partial charge on any atom is -0.296 e. The van der Waals surface area contributed by atoms with Crippen molar-refractivity contribution < 1.29 is 9.59 Å². The number of carbonyl (C=O) groups excluding carboxylic acids is 2. The molecule has 0 bridgehead atoms. The first-order chi connectivity index (χ1) is 5.79. The van der Waals surface area contributed by atoms with Crippen LogP contribution in [0, 0.1) is 0 Å². The molecule has 0 aromatic rings. The first kappa shape index (κ1) is 8.97. The summed E-state index contributed by atoms with van der Waals surface area (Å²) in [5, 5.41) is 2.14. The van der Waals surface area contributed by atoms with E-state index in [2.05, 4.69) is 17.5 Å². The maximum absolute atomic E-state index is 10.1. The summed E-state index contributed by atoms with van der Waals surface area (Å²) in [5.41, 5.74) is 0. The van der Waals surface area contributed by atoms with Gasteiger partial charge in [0.1, 0.15) is 0 Å². The molecule has 1 saturated heterocycles. The zero-order chi connectivity index (χ0) is 8.81. The van der Waals surface area contributed by atoms with Crippen LogP contribution in [0.3, 0.4) is 0 Å². The van der Waals surface area contributed by atoms with Gasteiger partial charge in [-0.25, -0.2) is 0 Å². The first-order valence-electron chi connectivity index (χ1n) is 4.27. The second kappa shape index (κ2) is 4.70. The van der Waals surface area contributed by atoms with Gasteiger partial charge in [-0.3, -0.25) is 14.9 Å².